The summed E-state index contributed by atoms with van der Waals surface area (Å²) in [5, 5.41) is 19.3. The maximum Gasteiger partial charge on any atom is 0.387 e. The van der Waals surface area contributed by atoms with Crippen LogP contribution in [0.25, 0.3) is 0 Å². The number of nitrogens with zero attached hydrogens (tertiary/aromatic N) is 1. The highest BCUT2D eigenvalue weighted by molar-refractivity contribution is 5.77. The number of carbonyl (C=O) groups is 1. The van der Waals surface area contributed by atoms with Crippen LogP contribution in [0.1, 0.15) is 13.8 Å². The minimum absolute atomic E-state index is 0.484. The summed E-state index contributed by atoms with van der Waals surface area (Å²) in [7, 11) is 0. The first-order chi connectivity index (χ1) is 6.30. The number of aliphatic carboxylic acids is 1. The Hall–Kier alpha value is -1.21. The summed E-state index contributed by atoms with van der Waals surface area (Å²) in [5.74, 6) is -2.51. The van der Waals surface area contributed by atoms with Crippen molar-refractivity contribution in [3.8, 4) is 0 Å². The lowest BCUT2D eigenvalue weighted by atomic mass is 10.0. The van der Waals surface area contributed by atoms with Crippen LogP contribution in [0.3, 0.4) is 0 Å². The number of rotatable bonds is 2. The SMILES string of the molecule is CC1(C)OCC(C(=O)O)([N+](=O)[O-])CO1. The lowest BCUT2D eigenvalue weighted by Gasteiger charge is -2.35. The molecule has 14 heavy (non-hydrogen) atoms. The van der Waals surface area contributed by atoms with Crippen LogP contribution < -0.4 is 0 Å². The maximum atomic E-state index is 10.7. The summed E-state index contributed by atoms with van der Waals surface area (Å²) in [6.07, 6.45) is 0. The molecule has 80 valence electrons. The van der Waals surface area contributed by atoms with Gasteiger partial charge in [-0.2, -0.15) is 0 Å². The van der Waals surface area contributed by atoms with E-state index < -0.39 is 35.4 Å². The molecule has 0 amide bonds. The van der Waals surface area contributed by atoms with Crippen molar-refractivity contribution in [3.05, 3.63) is 10.1 Å². The van der Waals surface area contributed by atoms with Crippen molar-refractivity contribution >= 4 is 5.97 Å². The third kappa shape index (κ3) is 1.68. The summed E-state index contributed by atoms with van der Waals surface area (Å²) in [6, 6.07) is 0. The van der Waals surface area contributed by atoms with Gasteiger partial charge in [0.25, 0.3) is 0 Å². The molecular formula is C7H11NO6. The first kappa shape index (κ1) is 10.9. The highest BCUT2D eigenvalue weighted by Gasteiger charge is 2.57. The first-order valence-electron chi connectivity index (χ1n) is 3.96. The molecule has 0 saturated carbocycles. The normalized spacial score (nSPS) is 24.1. The lowest BCUT2D eigenvalue weighted by Crippen LogP contribution is -2.60. The molecule has 1 heterocycles. The zero-order valence-corrected chi connectivity index (χ0v) is 7.85. The molecule has 0 atom stereocenters. The minimum atomic E-state index is -2.17. The van der Waals surface area contributed by atoms with Gasteiger partial charge in [-0.1, -0.05) is 0 Å². The lowest BCUT2D eigenvalue weighted by molar-refractivity contribution is -0.580. The zero-order chi connectivity index (χ0) is 11.0. The first-order valence-corrected chi connectivity index (χ1v) is 3.96. The van der Waals surface area contributed by atoms with E-state index in [-0.39, 0.29) is 0 Å². The number of ether oxygens (including phenoxy) is 2. The van der Waals surface area contributed by atoms with Gasteiger partial charge in [-0.05, 0) is 13.8 Å². The number of hydrogen-bond acceptors (Lipinski definition) is 5. The molecule has 0 aromatic carbocycles. The molecule has 0 radical (unpaired) electrons. The number of carboxylic acid groups (broad SMARTS) is 1. The van der Waals surface area contributed by atoms with Crippen LogP contribution >= 0.6 is 0 Å². The molecule has 0 aromatic heterocycles. The molecule has 1 aliphatic rings. The standard InChI is InChI=1S/C7H11NO6/c1-6(2)13-3-7(4-14-6,5(9)10)8(11)12/h3-4H2,1-2H3,(H,9,10). The fourth-order valence-corrected chi connectivity index (χ4v) is 0.977. The van der Waals surface area contributed by atoms with Gasteiger partial charge in [-0.15, -0.1) is 0 Å². The monoisotopic (exact) mass is 205 g/mol. The van der Waals surface area contributed by atoms with Gasteiger partial charge in [0.2, 0.25) is 0 Å². The van der Waals surface area contributed by atoms with E-state index >= 15 is 0 Å². The number of carboxylic acids is 1. The van der Waals surface area contributed by atoms with Crippen LogP contribution in [0, 0.1) is 10.1 Å². The predicted octanol–water partition coefficient (Wildman–Crippen LogP) is -0.131. The molecular weight excluding hydrogens is 194 g/mol. The number of nitro groups is 1. The van der Waals surface area contributed by atoms with Crippen molar-refractivity contribution < 1.29 is 24.3 Å². The van der Waals surface area contributed by atoms with E-state index in [0.717, 1.165) is 0 Å². The Kier molecular flexibility index (Phi) is 2.47. The van der Waals surface area contributed by atoms with Crippen LogP contribution in [0.5, 0.6) is 0 Å². The van der Waals surface area contributed by atoms with Gasteiger partial charge < -0.3 is 14.6 Å². The zero-order valence-electron chi connectivity index (χ0n) is 7.85. The predicted molar refractivity (Wildman–Crippen MR) is 43.3 cm³/mol. The van der Waals surface area contributed by atoms with Crippen molar-refractivity contribution in [2.75, 3.05) is 13.2 Å². The Morgan fingerprint density at radius 2 is 1.86 bits per heavy atom. The smallest absolute Gasteiger partial charge is 0.387 e. The molecule has 1 fully saturated rings. The van der Waals surface area contributed by atoms with E-state index in [2.05, 4.69) is 0 Å². The van der Waals surface area contributed by atoms with E-state index in [0.29, 0.717) is 0 Å². The van der Waals surface area contributed by atoms with Crippen molar-refractivity contribution in [3.63, 3.8) is 0 Å². The van der Waals surface area contributed by atoms with Gasteiger partial charge in [0.1, 0.15) is 13.2 Å². The van der Waals surface area contributed by atoms with Crippen LogP contribution in [-0.2, 0) is 14.3 Å². The van der Waals surface area contributed by atoms with Crippen LogP contribution in [-0.4, -0.2) is 40.5 Å². The van der Waals surface area contributed by atoms with Gasteiger partial charge in [-0.25, -0.2) is 4.79 Å². The second-order valence-corrected chi connectivity index (χ2v) is 3.57. The molecule has 1 N–H and O–H groups in total. The molecule has 1 saturated heterocycles. The summed E-state index contributed by atoms with van der Waals surface area (Å²) >= 11 is 0. The molecule has 1 aliphatic heterocycles. The molecule has 0 bridgehead atoms. The molecule has 7 nitrogen and oxygen atoms in total. The minimum Gasteiger partial charge on any atom is -0.476 e. The van der Waals surface area contributed by atoms with Gasteiger partial charge in [0.05, 0.1) is 0 Å². The third-order valence-electron chi connectivity index (χ3n) is 2.06. The third-order valence-corrected chi connectivity index (χ3v) is 2.06. The van der Waals surface area contributed by atoms with Crippen LogP contribution in [0.15, 0.2) is 0 Å². The Labute approximate surface area is 79.8 Å². The molecule has 1 rings (SSSR count). The van der Waals surface area contributed by atoms with Gasteiger partial charge in [0, 0.05) is 4.92 Å². The summed E-state index contributed by atoms with van der Waals surface area (Å²) in [4.78, 5) is 20.4. The van der Waals surface area contributed by atoms with Crippen LogP contribution in [0.2, 0.25) is 0 Å². The summed E-state index contributed by atoms with van der Waals surface area (Å²) in [6.45, 7) is 2.17. The maximum absolute atomic E-state index is 10.7. The highest BCUT2D eigenvalue weighted by Crippen LogP contribution is 2.25. The van der Waals surface area contributed by atoms with E-state index in [1.54, 1.807) is 13.8 Å². The fraction of sp³-hybridized carbons (Fsp3) is 0.857. The largest absolute Gasteiger partial charge is 0.476 e. The van der Waals surface area contributed by atoms with Gasteiger partial charge >= 0.3 is 11.5 Å². The summed E-state index contributed by atoms with van der Waals surface area (Å²) in [5.41, 5.74) is -2.17. The Morgan fingerprint density at radius 1 is 1.43 bits per heavy atom. The average Bonchev–Trinajstić information content (AvgIpc) is 2.03. The Morgan fingerprint density at radius 3 is 2.14 bits per heavy atom. The van der Waals surface area contributed by atoms with E-state index in [9.17, 15) is 14.9 Å². The summed E-state index contributed by atoms with van der Waals surface area (Å²) < 4.78 is 9.92. The average molecular weight is 205 g/mol. The van der Waals surface area contributed by atoms with Crippen molar-refractivity contribution in [1.82, 2.24) is 0 Å². The Balaban J connectivity index is 2.85. The van der Waals surface area contributed by atoms with E-state index in [4.69, 9.17) is 14.6 Å². The van der Waals surface area contributed by atoms with Gasteiger partial charge in [-0.3, -0.25) is 10.1 Å². The van der Waals surface area contributed by atoms with E-state index in [1.807, 2.05) is 0 Å². The molecule has 0 spiro atoms. The molecule has 0 aromatic rings. The van der Waals surface area contributed by atoms with Crippen molar-refractivity contribution in [1.29, 1.82) is 0 Å². The topological polar surface area (TPSA) is 98.9 Å². The van der Waals surface area contributed by atoms with Gasteiger partial charge in [0.15, 0.2) is 5.79 Å². The van der Waals surface area contributed by atoms with E-state index in [1.165, 1.54) is 0 Å². The van der Waals surface area contributed by atoms with Crippen molar-refractivity contribution in [2.45, 2.75) is 25.2 Å². The second-order valence-electron chi connectivity index (χ2n) is 3.57. The molecule has 0 aliphatic carbocycles. The number of hydrogen-bond donors (Lipinski definition) is 1. The van der Waals surface area contributed by atoms with Crippen LogP contribution in [0.4, 0.5) is 0 Å². The van der Waals surface area contributed by atoms with Crippen molar-refractivity contribution in [2.24, 2.45) is 0 Å². The second kappa shape index (κ2) is 3.18. The molecule has 7 heteroatoms. The molecule has 0 unspecified atom stereocenters. The fourth-order valence-electron chi connectivity index (χ4n) is 0.977. The highest BCUT2D eigenvalue weighted by atomic mass is 16.7. The Bertz CT molecular complexity index is 247. The quantitative estimate of drug-likeness (QED) is 0.498.